The van der Waals surface area contributed by atoms with E-state index in [4.69, 9.17) is 9.84 Å². The van der Waals surface area contributed by atoms with Gasteiger partial charge in [0.25, 0.3) is 0 Å². The molecule has 0 spiro atoms. The number of ether oxygens (including phenoxy) is 1. The zero-order chi connectivity index (χ0) is 13.7. The van der Waals surface area contributed by atoms with Crippen LogP contribution in [0.4, 0.5) is 5.82 Å². The molecule has 1 fully saturated rings. The third-order valence-corrected chi connectivity index (χ3v) is 3.23. The summed E-state index contributed by atoms with van der Waals surface area (Å²) in [6.45, 7) is 1.71. The van der Waals surface area contributed by atoms with Gasteiger partial charge in [-0.25, -0.2) is 9.78 Å². The molecule has 1 N–H and O–H groups in total. The number of aliphatic carboxylic acids is 1. The fourth-order valence-electron chi connectivity index (χ4n) is 2.29. The van der Waals surface area contributed by atoms with Gasteiger partial charge in [0.1, 0.15) is 5.82 Å². The first-order valence-corrected chi connectivity index (χ1v) is 6.34. The van der Waals surface area contributed by atoms with Crippen LogP contribution in [0, 0.1) is 0 Å². The van der Waals surface area contributed by atoms with Crippen LogP contribution in [0.5, 0.6) is 0 Å². The summed E-state index contributed by atoms with van der Waals surface area (Å²) >= 11 is 0. The van der Waals surface area contributed by atoms with Gasteiger partial charge in [0.05, 0.1) is 6.10 Å². The molecular formula is C14H18N2O3. The highest BCUT2D eigenvalue weighted by molar-refractivity contribution is 5.86. The molecule has 5 heteroatoms. The first-order chi connectivity index (χ1) is 9.20. The number of aromatic nitrogens is 1. The van der Waals surface area contributed by atoms with Crippen LogP contribution in [0.15, 0.2) is 24.4 Å². The Bertz CT molecular complexity index is 474. The molecular weight excluding hydrogens is 244 g/mol. The molecule has 1 saturated heterocycles. The molecule has 1 atom stereocenters. The molecule has 2 heterocycles. The maximum atomic E-state index is 10.6. The van der Waals surface area contributed by atoms with Crippen LogP contribution in [-0.2, 0) is 9.53 Å². The van der Waals surface area contributed by atoms with E-state index < -0.39 is 5.97 Å². The average Bonchev–Trinajstić information content (AvgIpc) is 2.45. The maximum Gasteiger partial charge on any atom is 0.328 e. The van der Waals surface area contributed by atoms with Gasteiger partial charge >= 0.3 is 5.97 Å². The second-order valence-corrected chi connectivity index (χ2v) is 4.53. The molecule has 1 aromatic rings. The maximum absolute atomic E-state index is 10.6. The van der Waals surface area contributed by atoms with Gasteiger partial charge in [-0.1, -0.05) is 0 Å². The fraction of sp³-hybridized carbons (Fsp3) is 0.429. The average molecular weight is 262 g/mol. The molecule has 2 rings (SSSR count). The second kappa shape index (κ2) is 6.33. The summed E-state index contributed by atoms with van der Waals surface area (Å²) in [7, 11) is 1.72. The lowest BCUT2D eigenvalue weighted by Gasteiger charge is -2.33. The van der Waals surface area contributed by atoms with Crippen molar-refractivity contribution in [3.05, 3.63) is 30.0 Å². The molecule has 102 valence electrons. The second-order valence-electron chi connectivity index (χ2n) is 4.53. The van der Waals surface area contributed by atoms with Gasteiger partial charge < -0.3 is 14.7 Å². The van der Waals surface area contributed by atoms with Crippen molar-refractivity contribution >= 4 is 17.9 Å². The Kier molecular flexibility index (Phi) is 4.52. The number of rotatable bonds is 4. The summed E-state index contributed by atoms with van der Waals surface area (Å²) < 4.78 is 5.40. The molecule has 1 aliphatic rings. The predicted molar refractivity (Wildman–Crippen MR) is 73.2 cm³/mol. The lowest BCUT2D eigenvalue weighted by molar-refractivity contribution is -0.131. The Hall–Kier alpha value is -1.88. The topological polar surface area (TPSA) is 62.7 Å². The lowest BCUT2D eigenvalue weighted by Crippen LogP contribution is -2.40. The van der Waals surface area contributed by atoms with E-state index in [2.05, 4.69) is 9.88 Å². The van der Waals surface area contributed by atoms with Crippen LogP contribution < -0.4 is 4.90 Å². The van der Waals surface area contributed by atoms with Crippen molar-refractivity contribution in [1.82, 2.24) is 4.98 Å². The fourth-order valence-corrected chi connectivity index (χ4v) is 2.29. The van der Waals surface area contributed by atoms with Crippen molar-refractivity contribution in [2.24, 2.45) is 0 Å². The number of carboxylic acids is 1. The summed E-state index contributed by atoms with van der Waals surface area (Å²) in [5, 5.41) is 8.72. The molecule has 19 heavy (non-hydrogen) atoms. The SMILES string of the molecule is COC1CCCN(c2ncccc2/C=C/C(=O)O)C1. The largest absolute Gasteiger partial charge is 0.478 e. The standard InChI is InChI=1S/C14H18N2O3/c1-19-12-5-3-9-16(10-12)14-11(4-2-8-15-14)6-7-13(17)18/h2,4,6-8,12H,3,5,9-10H2,1H3,(H,17,18)/b7-6+. The van der Waals surface area contributed by atoms with Gasteiger partial charge in [-0.15, -0.1) is 0 Å². The van der Waals surface area contributed by atoms with Crippen molar-refractivity contribution < 1.29 is 14.6 Å². The van der Waals surface area contributed by atoms with Gasteiger partial charge in [0, 0.05) is 38.0 Å². The third kappa shape index (κ3) is 3.54. The van der Waals surface area contributed by atoms with Crippen LogP contribution in [0.3, 0.4) is 0 Å². The number of nitrogens with zero attached hydrogens (tertiary/aromatic N) is 2. The van der Waals surface area contributed by atoms with Crippen LogP contribution in [0.2, 0.25) is 0 Å². The van der Waals surface area contributed by atoms with Crippen molar-refractivity contribution in [2.75, 3.05) is 25.1 Å². The molecule has 5 nitrogen and oxygen atoms in total. The number of pyridine rings is 1. The van der Waals surface area contributed by atoms with Crippen LogP contribution in [0.25, 0.3) is 6.08 Å². The smallest absolute Gasteiger partial charge is 0.328 e. The molecule has 0 aliphatic carbocycles. The Morgan fingerprint density at radius 2 is 2.47 bits per heavy atom. The highest BCUT2D eigenvalue weighted by Gasteiger charge is 2.21. The number of methoxy groups -OCH3 is 1. The number of piperidine rings is 1. The molecule has 1 aromatic heterocycles. The molecule has 0 bridgehead atoms. The van der Waals surface area contributed by atoms with Crippen molar-refractivity contribution in [2.45, 2.75) is 18.9 Å². The minimum absolute atomic E-state index is 0.215. The molecule has 0 saturated carbocycles. The van der Waals surface area contributed by atoms with E-state index in [1.54, 1.807) is 19.4 Å². The summed E-state index contributed by atoms with van der Waals surface area (Å²) in [6, 6.07) is 3.68. The van der Waals surface area contributed by atoms with Crippen LogP contribution in [0.1, 0.15) is 18.4 Å². The number of anilines is 1. The Morgan fingerprint density at radius 1 is 1.63 bits per heavy atom. The highest BCUT2D eigenvalue weighted by atomic mass is 16.5. The van der Waals surface area contributed by atoms with E-state index in [-0.39, 0.29) is 6.10 Å². The third-order valence-electron chi connectivity index (χ3n) is 3.23. The van der Waals surface area contributed by atoms with Gasteiger partial charge in [0.2, 0.25) is 0 Å². The molecule has 1 aliphatic heterocycles. The van der Waals surface area contributed by atoms with E-state index in [0.29, 0.717) is 0 Å². The van der Waals surface area contributed by atoms with E-state index in [9.17, 15) is 4.79 Å². The first kappa shape index (κ1) is 13.5. The minimum atomic E-state index is -0.955. The lowest BCUT2D eigenvalue weighted by atomic mass is 10.1. The van der Waals surface area contributed by atoms with Gasteiger partial charge in [-0.05, 0) is 31.1 Å². The monoisotopic (exact) mass is 262 g/mol. The Labute approximate surface area is 112 Å². The van der Waals surface area contributed by atoms with Crippen molar-refractivity contribution in [3.8, 4) is 0 Å². The molecule has 1 unspecified atom stereocenters. The highest BCUT2D eigenvalue weighted by Crippen LogP contribution is 2.23. The molecule has 0 amide bonds. The van der Waals surface area contributed by atoms with E-state index in [0.717, 1.165) is 43.4 Å². The Morgan fingerprint density at radius 3 is 3.21 bits per heavy atom. The zero-order valence-electron chi connectivity index (χ0n) is 11.0. The normalized spacial score (nSPS) is 19.8. The predicted octanol–water partition coefficient (Wildman–Crippen LogP) is 1.79. The van der Waals surface area contributed by atoms with Crippen LogP contribution in [-0.4, -0.2) is 42.4 Å². The van der Waals surface area contributed by atoms with E-state index in [1.165, 1.54) is 0 Å². The summed E-state index contributed by atoms with van der Waals surface area (Å²) in [5.41, 5.74) is 0.821. The number of carbonyl (C=O) groups is 1. The number of hydrogen-bond acceptors (Lipinski definition) is 4. The summed E-state index contributed by atoms with van der Waals surface area (Å²) in [4.78, 5) is 17.1. The van der Waals surface area contributed by atoms with Crippen LogP contribution >= 0.6 is 0 Å². The van der Waals surface area contributed by atoms with E-state index in [1.807, 2.05) is 12.1 Å². The summed E-state index contributed by atoms with van der Waals surface area (Å²) in [5.74, 6) is -0.134. The number of carboxylic acid groups (broad SMARTS) is 1. The number of hydrogen-bond donors (Lipinski definition) is 1. The van der Waals surface area contributed by atoms with Crippen molar-refractivity contribution in [3.63, 3.8) is 0 Å². The van der Waals surface area contributed by atoms with Crippen molar-refractivity contribution in [1.29, 1.82) is 0 Å². The first-order valence-electron chi connectivity index (χ1n) is 6.34. The Balaban J connectivity index is 2.21. The quantitative estimate of drug-likeness (QED) is 0.838. The van der Waals surface area contributed by atoms with Gasteiger partial charge in [0.15, 0.2) is 0 Å². The zero-order valence-corrected chi connectivity index (χ0v) is 11.0. The van der Waals surface area contributed by atoms with E-state index >= 15 is 0 Å². The minimum Gasteiger partial charge on any atom is -0.478 e. The molecule has 0 aromatic carbocycles. The van der Waals surface area contributed by atoms with Gasteiger partial charge in [-0.2, -0.15) is 0 Å². The van der Waals surface area contributed by atoms with Gasteiger partial charge in [-0.3, -0.25) is 0 Å². The molecule has 0 radical (unpaired) electrons. The summed E-state index contributed by atoms with van der Waals surface area (Å²) in [6.07, 6.45) is 6.77.